The highest BCUT2D eigenvalue weighted by Gasteiger charge is 2.24. The first kappa shape index (κ1) is 16.5. The van der Waals surface area contributed by atoms with Crippen LogP contribution in [-0.4, -0.2) is 19.6 Å². The Labute approximate surface area is 126 Å². The molecule has 0 bridgehead atoms. The second-order valence-corrected chi connectivity index (χ2v) is 7.06. The fourth-order valence-electron chi connectivity index (χ4n) is 1.96. The largest absolute Gasteiger partial charge is 0.371 e. The predicted molar refractivity (Wildman–Crippen MR) is 88.8 cm³/mol. The molecule has 0 aliphatic carbocycles. The van der Waals surface area contributed by atoms with Crippen LogP contribution >= 0.6 is 15.9 Å². The molecule has 1 N–H and O–H groups in total. The van der Waals surface area contributed by atoms with Crippen molar-refractivity contribution in [3.05, 3.63) is 28.2 Å². The molecule has 0 radical (unpaired) electrons. The van der Waals surface area contributed by atoms with Gasteiger partial charge in [0.25, 0.3) is 0 Å². The van der Waals surface area contributed by atoms with Crippen molar-refractivity contribution in [2.45, 2.75) is 47.2 Å². The van der Waals surface area contributed by atoms with Crippen LogP contribution in [-0.2, 0) is 6.54 Å². The summed E-state index contributed by atoms with van der Waals surface area (Å²) in [6, 6.07) is 7.11. The summed E-state index contributed by atoms with van der Waals surface area (Å²) in [6.45, 7) is 13.2. The van der Waals surface area contributed by atoms with E-state index in [4.69, 9.17) is 0 Å². The fraction of sp³-hybridized carbons (Fsp3) is 0.625. The Kier molecular flexibility index (Phi) is 5.87. The van der Waals surface area contributed by atoms with Gasteiger partial charge in [-0.1, -0.05) is 49.7 Å². The third-order valence-electron chi connectivity index (χ3n) is 3.84. The molecule has 0 saturated carbocycles. The molecule has 0 heterocycles. The van der Waals surface area contributed by atoms with Crippen LogP contribution < -0.4 is 10.2 Å². The maximum absolute atomic E-state index is 3.68. The van der Waals surface area contributed by atoms with Gasteiger partial charge in [0.05, 0.1) is 0 Å². The Morgan fingerprint density at radius 2 is 1.95 bits per heavy atom. The molecular formula is C16H27BrN2. The van der Waals surface area contributed by atoms with Crippen molar-refractivity contribution < 1.29 is 0 Å². The quantitative estimate of drug-likeness (QED) is 0.861. The van der Waals surface area contributed by atoms with Crippen LogP contribution in [0.1, 0.15) is 40.2 Å². The highest BCUT2D eigenvalue weighted by atomic mass is 79.9. The van der Waals surface area contributed by atoms with Gasteiger partial charge in [0.15, 0.2) is 0 Å². The average molecular weight is 327 g/mol. The standard InChI is InChI=1S/C16H27BrN2/c1-7-18-11-13-8-9-14(10-15(13)17)19(6)12(2)16(3,4)5/h8-10,12,18H,7,11H2,1-6H3. The lowest BCUT2D eigenvalue weighted by Gasteiger charge is -2.37. The molecule has 0 fully saturated rings. The van der Waals surface area contributed by atoms with Crippen LogP contribution in [0.5, 0.6) is 0 Å². The van der Waals surface area contributed by atoms with E-state index in [0.717, 1.165) is 13.1 Å². The van der Waals surface area contributed by atoms with Crippen LogP contribution in [0.3, 0.4) is 0 Å². The molecule has 1 rings (SSSR count). The first-order chi connectivity index (χ1) is 8.77. The summed E-state index contributed by atoms with van der Waals surface area (Å²) in [6.07, 6.45) is 0. The number of rotatable bonds is 5. The van der Waals surface area contributed by atoms with Gasteiger partial charge in [-0.2, -0.15) is 0 Å². The zero-order valence-corrected chi connectivity index (χ0v) is 14.6. The molecule has 0 spiro atoms. The first-order valence-electron chi connectivity index (χ1n) is 6.99. The first-order valence-corrected chi connectivity index (χ1v) is 7.78. The van der Waals surface area contributed by atoms with Crippen LogP contribution in [0.2, 0.25) is 0 Å². The molecule has 0 amide bonds. The van der Waals surface area contributed by atoms with Gasteiger partial charge >= 0.3 is 0 Å². The van der Waals surface area contributed by atoms with E-state index in [1.807, 2.05) is 0 Å². The molecule has 1 unspecified atom stereocenters. The summed E-state index contributed by atoms with van der Waals surface area (Å²) in [4.78, 5) is 2.35. The van der Waals surface area contributed by atoms with Gasteiger partial charge in [0, 0.05) is 29.8 Å². The minimum atomic E-state index is 0.268. The van der Waals surface area contributed by atoms with E-state index in [0.29, 0.717) is 6.04 Å². The Morgan fingerprint density at radius 3 is 2.42 bits per heavy atom. The van der Waals surface area contributed by atoms with Crippen LogP contribution in [0.4, 0.5) is 5.69 Å². The van der Waals surface area contributed by atoms with Crippen molar-refractivity contribution in [1.82, 2.24) is 5.32 Å². The number of halogens is 1. The lowest BCUT2D eigenvalue weighted by Crippen LogP contribution is -2.39. The van der Waals surface area contributed by atoms with E-state index >= 15 is 0 Å². The van der Waals surface area contributed by atoms with Crippen LogP contribution in [0.25, 0.3) is 0 Å². The number of benzene rings is 1. The minimum absolute atomic E-state index is 0.268. The zero-order valence-electron chi connectivity index (χ0n) is 13.0. The van der Waals surface area contributed by atoms with Gasteiger partial charge in [-0.25, -0.2) is 0 Å². The van der Waals surface area contributed by atoms with Crippen molar-refractivity contribution in [3.63, 3.8) is 0 Å². The highest BCUT2D eigenvalue weighted by Crippen LogP contribution is 2.30. The summed E-state index contributed by atoms with van der Waals surface area (Å²) >= 11 is 3.68. The average Bonchev–Trinajstić information content (AvgIpc) is 2.34. The topological polar surface area (TPSA) is 15.3 Å². The van der Waals surface area contributed by atoms with Crippen molar-refractivity contribution in [2.75, 3.05) is 18.5 Å². The summed E-state index contributed by atoms with van der Waals surface area (Å²) in [5.74, 6) is 0. The molecule has 108 valence electrons. The maximum atomic E-state index is 3.68. The van der Waals surface area contributed by atoms with E-state index < -0.39 is 0 Å². The molecule has 19 heavy (non-hydrogen) atoms. The fourth-order valence-corrected chi connectivity index (χ4v) is 2.47. The van der Waals surface area contributed by atoms with Gasteiger partial charge in [0.1, 0.15) is 0 Å². The summed E-state index contributed by atoms with van der Waals surface area (Å²) in [5.41, 5.74) is 2.83. The molecule has 3 heteroatoms. The molecule has 1 atom stereocenters. The lowest BCUT2D eigenvalue weighted by molar-refractivity contribution is 0.330. The summed E-state index contributed by atoms with van der Waals surface area (Å²) in [7, 11) is 2.17. The Hall–Kier alpha value is -0.540. The summed E-state index contributed by atoms with van der Waals surface area (Å²) < 4.78 is 1.18. The maximum Gasteiger partial charge on any atom is 0.0377 e. The summed E-state index contributed by atoms with van der Waals surface area (Å²) in [5, 5.41) is 3.36. The molecule has 1 aromatic rings. The minimum Gasteiger partial charge on any atom is -0.371 e. The molecule has 1 aromatic carbocycles. The van der Waals surface area contributed by atoms with E-state index in [1.54, 1.807) is 0 Å². The smallest absolute Gasteiger partial charge is 0.0377 e. The molecule has 2 nitrogen and oxygen atoms in total. The van der Waals surface area contributed by atoms with Gasteiger partial charge in [0.2, 0.25) is 0 Å². The van der Waals surface area contributed by atoms with Crippen molar-refractivity contribution in [3.8, 4) is 0 Å². The Bertz CT molecular complexity index is 410. The number of hydrogen-bond acceptors (Lipinski definition) is 2. The van der Waals surface area contributed by atoms with Gasteiger partial charge < -0.3 is 10.2 Å². The van der Waals surface area contributed by atoms with Crippen LogP contribution in [0, 0.1) is 5.41 Å². The second kappa shape index (κ2) is 6.76. The molecule has 0 aromatic heterocycles. The number of nitrogens with zero attached hydrogens (tertiary/aromatic N) is 1. The number of hydrogen-bond donors (Lipinski definition) is 1. The van der Waals surface area contributed by atoms with Crippen LogP contribution in [0.15, 0.2) is 22.7 Å². The molecular weight excluding hydrogens is 300 g/mol. The number of nitrogens with one attached hydrogen (secondary N) is 1. The Balaban J connectivity index is 2.88. The Morgan fingerprint density at radius 1 is 1.32 bits per heavy atom. The van der Waals surface area contributed by atoms with Gasteiger partial charge in [-0.05, 0) is 36.6 Å². The molecule has 0 aliphatic rings. The zero-order chi connectivity index (χ0) is 14.6. The predicted octanol–water partition coefficient (Wildman–Crippen LogP) is 4.43. The lowest BCUT2D eigenvalue weighted by atomic mass is 9.87. The van der Waals surface area contributed by atoms with E-state index in [-0.39, 0.29) is 5.41 Å². The van der Waals surface area contributed by atoms with E-state index in [1.165, 1.54) is 15.7 Å². The SMILES string of the molecule is CCNCc1ccc(N(C)C(C)C(C)(C)C)cc1Br. The third-order valence-corrected chi connectivity index (χ3v) is 4.58. The van der Waals surface area contributed by atoms with Gasteiger partial charge in [-0.3, -0.25) is 0 Å². The van der Waals surface area contributed by atoms with E-state index in [2.05, 4.69) is 86.0 Å². The molecule has 0 saturated heterocycles. The van der Waals surface area contributed by atoms with Gasteiger partial charge in [-0.15, -0.1) is 0 Å². The van der Waals surface area contributed by atoms with E-state index in [9.17, 15) is 0 Å². The molecule has 0 aliphatic heterocycles. The normalized spacial score (nSPS) is 13.4. The van der Waals surface area contributed by atoms with Crippen molar-refractivity contribution in [1.29, 1.82) is 0 Å². The number of anilines is 1. The highest BCUT2D eigenvalue weighted by molar-refractivity contribution is 9.10. The van der Waals surface area contributed by atoms with Crippen molar-refractivity contribution >= 4 is 21.6 Å². The second-order valence-electron chi connectivity index (χ2n) is 6.21. The third kappa shape index (κ3) is 4.50. The monoisotopic (exact) mass is 326 g/mol. The van der Waals surface area contributed by atoms with Crippen molar-refractivity contribution in [2.24, 2.45) is 5.41 Å².